The summed E-state index contributed by atoms with van der Waals surface area (Å²) in [5, 5.41) is 10.3. The van der Waals surface area contributed by atoms with Crippen molar-refractivity contribution in [1.82, 2.24) is 18.8 Å². The number of carbonyl (C=O) groups excluding carboxylic acids is 1. The molecular weight excluding hydrogens is 623 g/mol. The summed E-state index contributed by atoms with van der Waals surface area (Å²) >= 11 is 0. The lowest BCUT2D eigenvalue weighted by Gasteiger charge is -2.10. The number of hydrogen-bond acceptors (Lipinski definition) is 8. The van der Waals surface area contributed by atoms with Crippen LogP contribution in [0.4, 0.5) is 22.9 Å². The molecule has 0 radical (unpaired) electrons. The molecule has 10 nitrogen and oxygen atoms in total. The molecule has 0 spiro atoms. The smallest absolute Gasteiger partial charge is 0.268 e. The number of para-hydroxylation sites is 1. The molecule has 1 amide bonds. The molecule has 3 N–H and O–H groups in total. The number of fused-ring (bicyclic) bond motifs is 1. The molecule has 0 aliphatic heterocycles. The lowest BCUT2D eigenvalue weighted by Crippen LogP contribution is -2.12. The minimum Gasteiger partial charge on any atom is -0.382 e. The maximum Gasteiger partial charge on any atom is 0.268 e. The van der Waals surface area contributed by atoms with E-state index in [2.05, 4.69) is 43.0 Å². The first-order valence-corrected chi connectivity index (χ1v) is 16.8. The van der Waals surface area contributed by atoms with Crippen LogP contribution in [0.15, 0.2) is 139 Å². The van der Waals surface area contributed by atoms with Crippen molar-refractivity contribution in [1.29, 1.82) is 0 Å². The second kappa shape index (κ2) is 14.3. The molecular formula is C37H35N7O3S. The van der Waals surface area contributed by atoms with Crippen LogP contribution in [0.5, 0.6) is 0 Å². The number of nitrogens with zero attached hydrogens (tertiary/aromatic N) is 4. The van der Waals surface area contributed by atoms with E-state index in [1.807, 2.05) is 68.7 Å². The summed E-state index contributed by atoms with van der Waals surface area (Å²) in [6, 6.07) is 32.1. The number of rotatable bonds is 12. The number of benzene rings is 4. The maximum atomic E-state index is 13.6. The minimum absolute atomic E-state index is 0.197. The van der Waals surface area contributed by atoms with Crippen LogP contribution in [0, 0.1) is 0 Å². The third-order valence-electron chi connectivity index (χ3n) is 7.52. The summed E-state index contributed by atoms with van der Waals surface area (Å²) in [7, 11) is 0.206. The van der Waals surface area contributed by atoms with Crippen LogP contribution in [-0.2, 0) is 10.0 Å². The summed E-state index contributed by atoms with van der Waals surface area (Å²) in [6.07, 6.45) is 7.20. The molecule has 0 fully saturated rings. The Morgan fingerprint density at radius 3 is 2.35 bits per heavy atom. The molecule has 0 aliphatic rings. The van der Waals surface area contributed by atoms with Gasteiger partial charge in [-0.15, -0.1) is 0 Å². The van der Waals surface area contributed by atoms with Crippen molar-refractivity contribution in [2.75, 3.05) is 43.1 Å². The van der Waals surface area contributed by atoms with E-state index in [1.54, 1.807) is 60.8 Å². The summed E-state index contributed by atoms with van der Waals surface area (Å²) in [5.74, 6) is 0.279. The van der Waals surface area contributed by atoms with Crippen molar-refractivity contribution in [2.24, 2.45) is 0 Å². The minimum atomic E-state index is -3.84. The van der Waals surface area contributed by atoms with E-state index in [9.17, 15) is 13.2 Å². The highest BCUT2D eigenvalue weighted by Crippen LogP contribution is 2.33. The van der Waals surface area contributed by atoms with Gasteiger partial charge < -0.3 is 20.9 Å². The molecule has 6 rings (SSSR count). The van der Waals surface area contributed by atoms with Gasteiger partial charge in [0, 0.05) is 58.9 Å². The summed E-state index contributed by atoms with van der Waals surface area (Å²) < 4.78 is 28.4. The molecule has 0 aliphatic carbocycles. The molecule has 242 valence electrons. The van der Waals surface area contributed by atoms with Crippen LogP contribution in [0.1, 0.15) is 10.4 Å². The van der Waals surface area contributed by atoms with Crippen LogP contribution in [0.25, 0.3) is 22.2 Å². The van der Waals surface area contributed by atoms with Crippen molar-refractivity contribution in [3.63, 3.8) is 0 Å². The summed E-state index contributed by atoms with van der Waals surface area (Å²) in [4.78, 5) is 24.1. The predicted octanol–water partition coefficient (Wildman–Crippen LogP) is 6.86. The second-order valence-corrected chi connectivity index (χ2v) is 13.1. The SMILES string of the molecule is CN(C)C/C=C\CNc1ccc(C(=O)Nc2cccc(Nc3cc(-c4cn(S(=O)(=O)c5ccccc5)c5ccccc45)ncn3)c2)cc1. The lowest BCUT2D eigenvalue weighted by atomic mass is 10.1. The quantitative estimate of drug-likeness (QED) is 0.122. The fraction of sp³-hybridized carbons (Fsp3) is 0.108. The van der Waals surface area contributed by atoms with E-state index in [-0.39, 0.29) is 10.8 Å². The maximum absolute atomic E-state index is 13.6. The number of hydrogen-bond donors (Lipinski definition) is 3. The third-order valence-corrected chi connectivity index (χ3v) is 9.21. The Bertz CT molecular complexity index is 2180. The van der Waals surface area contributed by atoms with E-state index < -0.39 is 10.0 Å². The third kappa shape index (κ3) is 7.43. The zero-order chi connectivity index (χ0) is 33.5. The van der Waals surface area contributed by atoms with Crippen molar-refractivity contribution in [3.05, 3.63) is 139 Å². The molecule has 11 heteroatoms. The normalized spacial score (nSPS) is 11.6. The highest BCUT2D eigenvalue weighted by molar-refractivity contribution is 7.90. The number of anilines is 4. The molecule has 0 unspecified atom stereocenters. The largest absolute Gasteiger partial charge is 0.382 e. The Morgan fingerprint density at radius 2 is 1.56 bits per heavy atom. The molecule has 0 saturated carbocycles. The number of aromatic nitrogens is 3. The number of amides is 1. The highest BCUT2D eigenvalue weighted by Gasteiger charge is 2.22. The topological polar surface area (TPSA) is 121 Å². The molecule has 4 aromatic carbocycles. The summed E-state index contributed by atoms with van der Waals surface area (Å²) in [6.45, 7) is 1.58. The van der Waals surface area contributed by atoms with Crippen LogP contribution in [0.3, 0.4) is 0 Å². The number of carbonyl (C=O) groups is 1. The first kappa shape index (κ1) is 32.2. The monoisotopic (exact) mass is 657 g/mol. The van der Waals surface area contributed by atoms with Crippen molar-refractivity contribution in [3.8, 4) is 11.3 Å². The Hall–Kier alpha value is -5.78. The van der Waals surface area contributed by atoms with E-state index >= 15 is 0 Å². The van der Waals surface area contributed by atoms with Crippen LogP contribution in [-0.4, -0.2) is 60.4 Å². The average Bonchev–Trinajstić information content (AvgIpc) is 3.50. The van der Waals surface area contributed by atoms with Gasteiger partial charge in [0.25, 0.3) is 15.9 Å². The lowest BCUT2D eigenvalue weighted by molar-refractivity contribution is 0.102. The van der Waals surface area contributed by atoms with Crippen molar-refractivity contribution < 1.29 is 13.2 Å². The summed E-state index contributed by atoms with van der Waals surface area (Å²) in [5.41, 5.74) is 4.53. The van der Waals surface area contributed by atoms with Crippen LogP contribution < -0.4 is 16.0 Å². The molecule has 2 heterocycles. The average molecular weight is 658 g/mol. The van der Waals surface area contributed by atoms with E-state index in [0.29, 0.717) is 46.1 Å². The zero-order valence-corrected chi connectivity index (χ0v) is 27.4. The van der Waals surface area contributed by atoms with E-state index in [0.717, 1.165) is 17.6 Å². The fourth-order valence-corrected chi connectivity index (χ4v) is 6.53. The van der Waals surface area contributed by atoms with Gasteiger partial charge in [0.15, 0.2) is 0 Å². The van der Waals surface area contributed by atoms with Gasteiger partial charge in [-0.3, -0.25) is 4.79 Å². The predicted molar refractivity (Wildman–Crippen MR) is 192 cm³/mol. The van der Waals surface area contributed by atoms with E-state index in [4.69, 9.17) is 0 Å². The standard InChI is InChI=1S/C37H35N7O3S/c1-43(2)22-9-8-21-38-28-19-17-27(18-20-28)37(45)42-30-12-10-11-29(23-30)41-36-24-34(39-26-40-36)33-25-44(35-16-7-6-15-32(33)35)48(46,47)31-13-4-3-5-14-31/h3-20,23-26,38H,21-22H2,1-2H3,(H,42,45)(H,39,40,41)/b9-8-. The number of likely N-dealkylation sites (N-methyl/N-ethyl adjacent to an activating group) is 1. The van der Waals surface area contributed by atoms with Gasteiger partial charge in [-0.1, -0.05) is 54.6 Å². The molecule has 6 aromatic rings. The Kier molecular flexibility index (Phi) is 9.60. The van der Waals surface area contributed by atoms with Gasteiger partial charge in [0.2, 0.25) is 0 Å². The fourth-order valence-electron chi connectivity index (χ4n) is 5.14. The van der Waals surface area contributed by atoms with Gasteiger partial charge in [-0.05, 0) is 74.8 Å². The Balaban J connectivity index is 1.16. The van der Waals surface area contributed by atoms with Gasteiger partial charge in [0.05, 0.1) is 16.1 Å². The second-order valence-electron chi connectivity index (χ2n) is 11.3. The first-order chi connectivity index (χ1) is 23.3. The van der Waals surface area contributed by atoms with Crippen molar-refractivity contribution in [2.45, 2.75) is 4.90 Å². The molecule has 48 heavy (non-hydrogen) atoms. The van der Waals surface area contributed by atoms with Crippen LogP contribution in [0.2, 0.25) is 0 Å². The molecule has 0 atom stereocenters. The highest BCUT2D eigenvalue weighted by atomic mass is 32.2. The van der Waals surface area contributed by atoms with Gasteiger partial charge in [-0.25, -0.2) is 22.4 Å². The molecule has 0 saturated heterocycles. The van der Waals surface area contributed by atoms with Crippen molar-refractivity contribution >= 4 is 49.7 Å². The number of nitrogens with one attached hydrogen (secondary N) is 3. The van der Waals surface area contributed by atoms with E-state index in [1.165, 1.54) is 10.3 Å². The van der Waals surface area contributed by atoms with Gasteiger partial charge in [0.1, 0.15) is 12.1 Å². The molecule has 2 aromatic heterocycles. The Morgan fingerprint density at radius 1 is 0.812 bits per heavy atom. The van der Waals surface area contributed by atoms with Gasteiger partial charge in [-0.2, -0.15) is 0 Å². The molecule has 0 bridgehead atoms. The zero-order valence-electron chi connectivity index (χ0n) is 26.5. The van der Waals surface area contributed by atoms with Crippen LogP contribution >= 0.6 is 0 Å². The van der Waals surface area contributed by atoms with Gasteiger partial charge >= 0.3 is 0 Å². The Labute approximate surface area is 279 Å². The first-order valence-electron chi connectivity index (χ1n) is 15.3.